The van der Waals surface area contributed by atoms with Crippen LogP contribution in [0.4, 0.5) is 0 Å². The van der Waals surface area contributed by atoms with Crippen molar-refractivity contribution in [2.75, 3.05) is 6.61 Å². The maximum Gasteiger partial charge on any atom is 0.0952 e. The van der Waals surface area contributed by atoms with Crippen LogP contribution in [0.1, 0.15) is 74.1 Å². The van der Waals surface area contributed by atoms with Gasteiger partial charge < -0.3 is 0 Å². The van der Waals surface area contributed by atoms with E-state index in [0.717, 1.165) is 18.9 Å². The SMILES string of the molecule is CC(C)C.CCCCCCOOC(C)(C)C. The van der Waals surface area contributed by atoms with E-state index in [4.69, 9.17) is 9.78 Å². The Morgan fingerprint density at radius 1 is 0.938 bits per heavy atom. The lowest BCUT2D eigenvalue weighted by Crippen LogP contribution is -2.19. The zero-order valence-electron chi connectivity index (χ0n) is 12.4. The Hall–Kier alpha value is -0.0800. The molecule has 0 aliphatic heterocycles. The molecule has 0 N–H and O–H groups in total. The molecular weight excluding hydrogens is 200 g/mol. The molecule has 0 rings (SSSR count). The monoisotopic (exact) mass is 232 g/mol. The van der Waals surface area contributed by atoms with E-state index in [1.54, 1.807) is 0 Å². The van der Waals surface area contributed by atoms with E-state index in [9.17, 15) is 0 Å². The van der Waals surface area contributed by atoms with Gasteiger partial charge in [-0.3, -0.25) is 0 Å². The molecule has 2 heteroatoms. The smallest absolute Gasteiger partial charge is 0.0952 e. The second kappa shape index (κ2) is 11.4. The van der Waals surface area contributed by atoms with Crippen LogP contribution >= 0.6 is 0 Å². The first-order valence-electron chi connectivity index (χ1n) is 6.60. The highest BCUT2D eigenvalue weighted by atomic mass is 17.2. The average molecular weight is 232 g/mol. The Morgan fingerprint density at radius 3 is 1.81 bits per heavy atom. The topological polar surface area (TPSA) is 18.5 Å². The Kier molecular flexibility index (Phi) is 13.0. The Balaban J connectivity index is 0. The highest BCUT2D eigenvalue weighted by Crippen LogP contribution is 2.08. The van der Waals surface area contributed by atoms with Crippen LogP contribution in [-0.2, 0) is 9.78 Å². The van der Waals surface area contributed by atoms with Gasteiger partial charge in [-0.15, -0.1) is 0 Å². The van der Waals surface area contributed by atoms with E-state index in [0.29, 0.717) is 0 Å². The molecule has 0 radical (unpaired) electrons. The molecule has 100 valence electrons. The van der Waals surface area contributed by atoms with Crippen molar-refractivity contribution >= 4 is 0 Å². The maximum absolute atomic E-state index is 5.11. The molecule has 16 heavy (non-hydrogen) atoms. The predicted molar refractivity (Wildman–Crippen MR) is 71.4 cm³/mol. The van der Waals surface area contributed by atoms with E-state index < -0.39 is 0 Å². The van der Waals surface area contributed by atoms with Crippen molar-refractivity contribution in [2.45, 2.75) is 79.8 Å². The molecule has 0 saturated carbocycles. The minimum Gasteiger partial charge on any atom is -0.236 e. The largest absolute Gasteiger partial charge is 0.236 e. The third-order valence-electron chi connectivity index (χ3n) is 1.39. The van der Waals surface area contributed by atoms with Gasteiger partial charge in [0.2, 0.25) is 0 Å². The minimum atomic E-state index is -0.176. The summed E-state index contributed by atoms with van der Waals surface area (Å²) in [6, 6.07) is 0. The Bertz CT molecular complexity index is 122. The molecule has 2 nitrogen and oxygen atoms in total. The van der Waals surface area contributed by atoms with Crippen LogP contribution in [0.2, 0.25) is 0 Å². The molecule has 0 saturated heterocycles. The van der Waals surface area contributed by atoms with Crippen molar-refractivity contribution in [1.82, 2.24) is 0 Å². The van der Waals surface area contributed by atoms with Gasteiger partial charge in [-0.25, -0.2) is 9.78 Å². The van der Waals surface area contributed by atoms with Crippen molar-refractivity contribution in [1.29, 1.82) is 0 Å². The van der Waals surface area contributed by atoms with Crippen molar-refractivity contribution in [3.63, 3.8) is 0 Å². The lowest BCUT2D eigenvalue weighted by molar-refractivity contribution is -0.348. The Morgan fingerprint density at radius 2 is 1.44 bits per heavy atom. The zero-order chi connectivity index (χ0) is 13.0. The van der Waals surface area contributed by atoms with Crippen LogP contribution in [-0.4, -0.2) is 12.2 Å². The first kappa shape index (κ1) is 18.3. The van der Waals surface area contributed by atoms with Gasteiger partial charge in [-0.05, 0) is 33.1 Å². The first-order chi connectivity index (χ1) is 7.29. The summed E-state index contributed by atoms with van der Waals surface area (Å²) in [7, 11) is 0. The summed E-state index contributed by atoms with van der Waals surface area (Å²) >= 11 is 0. The van der Waals surface area contributed by atoms with Gasteiger partial charge in [0, 0.05) is 0 Å². The minimum absolute atomic E-state index is 0.176. The van der Waals surface area contributed by atoms with Crippen LogP contribution in [0.5, 0.6) is 0 Å². The second-order valence-corrected chi connectivity index (χ2v) is 5.81. The number of hydrogen-bond acceptors (Lipinski definition) is 2. The van der Waals surface area contributed by atoms with Crippen LogP contribution in [0.15, 0.2) is 0 Å². The predicted octanol–water partition coefficient (Wildman–Crippen LogP) is 4.98. The van der Waals surface area contributed by atoms with Gasteiger partial charge in [-0.2, -0.15) is 0 Å². The number of hydrogen-bond donors (Lipinski definition) is 0. The van der Waals surface area contributed by atoms with Gasteiger partial charge in [0.05, 0.1) is 12.2 Å². The van der Waals surface area contributed by atoms with Crippen molar-refractivity contribution in [3.8, 4) is 0 Å². The van der Waals surface area contributed by atoms with Crippen molar-refractivity contribution < 1.29 is 9.78 Å². The van der Waals surface area contributed by atoms with Gasteiger partial charge in [0.15, 0.2) is 0 Å². The zero-order valence-corrected chi connectivity index (χ0v) is 12.4. The number of unbranched alkanes of at least 4 members (excludes halogenated alkanes) is 3. The third-order valence-corrected chi connectivity index (χ3v) is 1.39. The molecule has 0 aliphatic rings. The van der Waals surface area contributed by atoms with Crippen molar-refractivity contribution in [3.05, 3.63) is 0 Å². The average Bonchev–Trinajstić information content (AvgIpc) is 2.08. The summed E-state index contributed by atoms with van der Waals surface area (Å²) in [6.07, 6.45) is 4.90. The summed E-state index contributed by atoms with van der Waals surface area (Å²) in [5.74, 6) is 0.833. The van der Waals surface area contributed by atoms with Crippen LogP contribution in [0.3, 0.4) is 0 Å². The molecule has 0 aromatic carbocycles. The highest BCUT2D eigenvalue weighted by Gasteiger charge is 2.10. The molecule has 0 aliphatic carbocycles. The highest BCUT2D eigenvalue weighted by molar-refractivity contribution is 4.54. The summed E-state index contributed by atoms with van der Waals surface area (Å²) in [5.41, 5.74) is -0.176. The van der Waals surface area contributed by atoms with Crippen LogP contribution in [0.25, 0.3) is 0 Å². The molecule has 0 atom stereocenters. The van der Waals surface area contributed by atoms with Crippen LogP contribution < -0.4 is 0 Å². The summed E-state index contributed by atoms with van der Waals surface area (Å²) in [5, 5.41) is 0. The van der Waals surface area contributed by atoms with E-state index >= 15 is 0 Å². The molecule has 0 aromatic rings. The third kappa shape index (κ3) is 29.2. The molecule has 0 fully saturated rings. The van der Waals surface area contributed by atoms with E-state index in [1.807, 2.05) is 20.8 Å². The van der Waals surface area contributed by atoms with Crippen LogP contribution in [0, 0.1) is 5.92 Å². The van der Waals surface area contributed by atoms with Gasteiger partial charge in [0.1, 0.15) is 0 Å². The standard InChI is InChI=1S/C10H22O2.C4H10/c1-5-6-7-8-9-11-12-10(2,3)4;1-4(2)3/h5-9H2,1-4H3;4H,1-3H3. The lowest BCUT2D eigenvalue weighted by atomic mass is 10.2. The first-order valence-corrected chi connectivity index (χ1v) is 6.60. The molecular formula is C14H32O2. The number of rotatable bonds is 6. The summed E-state index contributed by atoms with van der Waals surface area (Å²) in [4.78, 5) is 10.2. The normalized spacial score (nSPS) is 11.2. The molecule has 0 amide bonds. The second-order valence-electron chi connectivity index (χ2n) is 5.81. The molecule has 0 aromatic heterocycles. The van der Waals surface area contributed by atoms with E-state index in [-0.39, 0.29) is 5.60 Å². The molecule has 0 bridgehead atoms. The molecule has 0 heterocycles. The lowest BCUT2D eigenvalue weighted by Gasteiger charge is -2.17. The van der Waals surface area contributed by atoms with E-state index in [2.05, 4.69) is 27.7 Å². The quantitative estimate of drug-likeness (QED) is 0.365. The van der Waals surface area contributed by atoms with Crippen molar-refractivity contribution in [2.24, 2.45) is 5.92 Å². The van der Waals surface area contributed by atoms with Gasteiger partial charge in [-0.1, -0.05) is 47.0 Å². The van der Waals surface area contributed by atoms with Gasteiger partial charge in [0.25, 0.3) is 0 Å². The fraction of sp³-hybridized carbons (Fsp3) is 1.00. The fourth-order valence-corrected chi connectivity index (χ4v) is 0.806. The van der Waals surface area contributed by atoms with Gasteiger partial charge >= 0.3 is 0 Å². The van der Waals surface area contributed by atoms with E-state index in [1.165, 1.54) is 19.3 Å². The fourth-order valence-electron chi connectivity index (χ4n) is 0.806. The maximum atomic E-state index is 5.11. The summed E-state index contributed by atoms with van der Waals surface area (Å²) in [6.45, 7) is 15.4. The Labute approximate surface area is 103 Å². The molecule has 0 spiro atoms. The summed E-state index contributed by atoms with van der Waals surface area (Å²) < 4.78 is 0. The molecule has 0 unspecified atom stereocenters.